The van der Waals surface area contributed by atoms with Gasteiger partial charge in [0.2, 0.25) is 0 Å². The summed E-state index contributed by atoms with van der Waals surface area (Å²) in [5.74, 6) is -1.18. The molecule has 3 rings (SSSR count). The molecule has 0 fully saturated rings. The molecular formula is C28H32N4O3. The fourth-order valence-corrected chi connectivity index (χ4v) is 3.16. The molecule has 0 atom stereocenters. The maximum absolute atomic E-state index is 12.3. The van der Waals surface area contributed by atoms with Crippen molar-refractivity contribution in [3.8, 4) is 0 Å². The van der Waals surface area contributed by atoms with Gasteiger partial charge < -0.3 is 4.42 Å². The lowest BCUT2D eigenvalue weighted by atomic mass is 9.87. The smallest absolute Gasteiger partial charge is 0.307 e. The Kier molecular flexibility index (Phi) is 7.69. The van der Waals surface area contributed by atoms with Crippen molar-refractivity contribution in [3.05, 3.63) is 94.4 Å². The van der Waals surface area contributed by atoms with Crippen molar-refractivity contribution in [2.24, 2.45) is 10.2 Å². The van der Waals surface area contributed by atoms with Gasteiger partial charge in [0, 0.05) is 0 Å². The van der Waals surface area contributed by atoms with Crippen LogP contribution in [0.3, 0.4) is 0 Å². The Bertz CT molecular complexity index is 1130. The Morgan fingerprint density at radius 3 is 1.29 bits per heavy atom. The van der Waals surface area contributed by atoms with E-state index in [9.17, 15) is 9.59 Å². The summed E-state index contributed by atoms with van der Waals surface area (Å²) >= 11 is 0. The topological polar surface area (TPSA) is 96.1 Å². The first-order valence-electron chi connectivity index (χ1n) is 11.4. The molecule has 0 bridgehead atoms. The number of benzene rings is 2. The van der Waals surface area contributed by atoms with Gasteiger partial charge in [0.15, 0.2) is 11.5 Å². The van der Waals surface area contributed by atoms with Gasteiger partial charge in [-0.05, 0) is 45.2 Å². The minimum Gasteiger partial charge on any atom is -0.446 e. The lowest BCUT2D eigenvalue weighted by Gasteiger charge is -2.18. The van der Waals surface area contributed by atoms with Crippen molar-refractivity contribution in [2.75, 3.05) is 0 Å². The lowest BCUT2D eigenvalue weighted by Crippen LogP contribution is -2.18. The summed E-state index contributed by atoms with van der Waals surface area (Å²) in [7, 11) is 0. The molecule has 3 aromatic rings. The van der Waals surface area contributed by atoms with E-state index in [1.165, 1.54) is 23.3 Å². The number of amides is 2. The average molecular weight is 473 g/mol. The minimum atomic E-state index is -0.561. The summed E-state index contributed by atoms with van der Waals surface area (Å²) in [6.45, 7) is 12.9. The van der Waals surface area contributed by atoms with Crippen LogP contribution in [0.2, 0.25) is 0 Å². The van der Waals surface area contributed by atoms with Gasteiger partial charge in [0.1, 0.15) is 0 Å². The van der Waals surface area contributed by atoms with Crippen molar-refractivity contribution < 1.29 is 14.0 Å². The van der Waals surface area contributed by atoms with Crippen LogP contribution in [0.1, 0.15) is 84.9 Å². The van der Waals surface area contributed by atoms with Gasteiger partial charge in [-0.25, -0.2) is 10.9 Å². The van der Waals surface area contributed by atoms with E-state index in [0.717, 1.165) is 11.1 Å². The molecule has 0 aliphatic carbocycles. The van der Waals surface area contributed by atoms with E-state index in [0.29, 0.717) is 0 Å². The molecule has 2 aromatic carbocycles. The fourth-order valence-electron chi connectivity index (χ4n) is 3.16. The molecule has 1 heterocycles. The molecule has 35 heavy (non-hydrogen) atoms. The van der Waals surface area contributed by atoms with Gasteiger partial charge in [-0.1, -0.05) is 90.1 Å². The van der Waals surface area contributed by atoms with Crippen LogP contribution < -0.4 is 10.9 Å². The van der Waals surface area contributed by atoms with Crippen molar-refractivity contribution in [3.63, 3.8) is 0 Å². The maximum Gasteiger partial charge on any atom is 0.307 e. The molecule has 1 aromatic heterocycles. The van der Waals surface area contributed by atoms with Crippen LogP contribution in [0.5, 0.6) is 0 Å². The van der Waals surface area contributed by atoms with Crippen molar-refractivity contribution >= 4 is 24.2 Å². The number of hydrogen-bond donors (Lipinski definition) is 2. The molecule has 0 aliphatic heterocycles. The van der Waals surface area contributed by atoms with Gasteiger partial charge in [-0.15, -0.1) is 0 Å². The third kappa shape index (κ3) is 7.24. The highest BCUT2D eigenvalue weighted by Crippen LogP contribution is 2.22. The first-order chi connectivity index (χ1) is 16.4. The Morgan fingerprint density at radius 1 is 0.629 bits per heavy atom. The van der Waals surface area contributed by atoms with Crippen LogP contribution >= 0.6 is 0 Å². The predicted octanol–water partition coefficient (Wildman–Crippen LogP) is 5.40. The Labute approximate surface area is 206 Å². The highest BCUT2D eigenvalue weighted by Gasteiger charge is 2.16. The molecule has 0 saturated carbocycles. The third-order valence-corrected chi connectivity index (χ3v) is 5.37. The lowest BCUT2D eigenvalue weighted by molar-refractivity contribution is 0.0902. The SMILES string of the molecule is CC(C)(C)c1ccc(/C=N/NC(=O)c2ccc(C(=O)N/N=C/c3ccc(C(C)(C)C)cc3)o2)cc1. The predicted molar refractivity (Wildman–Crippen MR) is 139 cm³/mol. The van der Waals surface area contributed by atoms with Gasteiger partial charge in [0.05, 0.1) is 12.4 Å². The Morgan fingerprint density at radius 2 is 0.971 bits per heavy atom. The van der Waals surface area contributed by atoms with E-state index >= 15 is 0 Å². The molecular weight excluding hydrogens is 440 g/mol. The maximum atomic E-state index is 12.3. The molecule has 2 N–H and O–H groups in total. The standard InChI is InChI=1S/C28H32N4O3/c1-27(2,3)21-11-7-19(8-12-21)17-29-31-25(33)23-15-16-24(35-23)26(34)32-30-18-20-9-13-22(14-10-20)28(4,5)6/h7-18H,1-6H3,(H,31,33)(H,32,34)/b29-17+,30-18+. The Balaban J connectivity index is 1.52. The van der Waals surface area contributed by atoms with Gasteiger partial charge in [-0.3, -0.25) is 9.59 Å². The van der Waals surface area contributed by atoms with Gasteiger partial charge in [-0.2, -0.15) is 10.2 Å². The molecule has 0 unspecified atom stereocenters. The summed E-state index contributed by atoms with van der Waals surface area (Å²) in [5.41, 5.74) is 9.05. The van der Waals surface area contributed by atoms with Gasteiger partial charge in [0.25, 0.3) is 0 Å². The number of nitrogens with one attached hydrogen (secondary N) is 2. The molecule has 7 heteroatoms. The number of carbonyl (C=O) groups is 2. The number of rotatable bonds is 6. The third-order valence-electron chi connectivity index (χ3n) is 5.37. The van der Waals surface area contributed by atoms with Crippen molar-refractivity contribution in [2.45, 2.75) is 52.4 Å². The Hall–Kier alpha value is -4.00. The zero-order valence-electron chi connectivity index (χ0n) is 21.0. The highest BCUT2D eigenvalue weighted by molar-refractivity contribution is 5.96. The van der Waals surface area contributed by atoms with E-state index < -0.39 is 11.8 Å². The molecule has 0 saturated heterocycles. The number of hydrogen-bond acceptors (Lipinski definition) is 5. The first kappa shape index (κ1) is 25.6. The summed E-state index contributed by atoms with van der Waals surface area (Å²) < 4.78 is 5.35. The number of hydrazone groups is 2. The van der Waals surface area contributed by atoms with E-state index in [1.54, 1.807) is 12.4 Å². The quantitative estimate of drug-likeness (QED) is 0.371. The largest absolute Gasteiger partial charge is 0.446 e. The number of carbonyl (C=O) groups excluding carboxylic acids is 2. The van der Waals surface area contributed by atoms with Crippen LogP contribution in [-0.2, 0) is 10.8 Å². The van der Waals surface area contributed by atoms with Crippen LogP contribution in [0.15, 0.2) is 75.3 Å². The van der Waals surface area contributed by atoms with Crippen molar-refractivity contribution in [1.29, 1.82) is 0 Å². The monoisotopic (exact) mass is 472 g/mol. The second-order valence-electron chi connectivity index (χ2n) is 10.3. The second kappa shape index (κ2) is 10.5. The first-order valence-corrected chi connectivity index (χ1v) is 11.4. The van der Waals surface area contributed by atoms with Crippen LogP contribution in [0.4, 0.5) is 0 Å². The molecule has 0 aliphatic rings. The molecule has 2 amide bonds. The second-order valence-corrected chi connectivity index (χ2v) is 10.3. The van der Waals surface area contributed by atoms with Crippen LogP contribution in [0.25, 0.3) is 0 Å². The summed E-state index contributed by atoms with van der Waals surface area (Å²) in [5, 5.41) is 7.92. The summed E-state index contributed by atoms with van der Waals surface area (Å²) in [6, 6.07) is 18.7. The number of nitrogens with zero attached hydrogens (tertiary/aromatic N) is 2. The fraction of sp³-hybridized carbons (Fsp3) is 0.286. The zero-order valence-corrected chi connectivity index (χ0v) is 21.0. The summed E-state index contributed by atoms with van der Waals surface area (Å²) in [6.07, 6.45) is 3.09. The number of furan rings is 1. The highest BCUT2D eigenvalue weighted by atomic mass is 16.4. The van der Waals surface area contributed by atoms with E-state index in [2.05, 4.69) is 62.6 Å². The molecule has 7 nitrogen and oxygen atoms in total. The minimum absolute atomic E-state index is 0.0304. The van der Waals surface area contributed by atoms with Crippen LogP contribution in [0, 0.1) is 0 Å². The van der Waals surface area contributed by atoms with Crippen LogP contribution in [-0.4, -0.2) is 24.2 Å². The average Bonchev–Trinajstić information content (AvgIpc) is 3.29. The normalized spacial score (nSPS) is 12.3. The molecule has 0 radical (unpaired) electrons. The molecule has 182 valence electrons. The van der Waals surface area contributed by atoms with E-state index in [1.807, 2.05) is 48.5 Å². The van der Waals surface area contributed by atoms with Crippen molar-refractivity contribution in [1.82, 2.24) is 10.9 Å². The van der Waals surface area contributed by atoms with Gasteiger partial charge >= 0.3 is 11.8 Å². The summed E-state index contributed by atoms with van der Waals surface area (Å²) in [4.78, 5) is 24.5. The van der Waals surface area contributed by atoms with E-state index in [4.69, 9.17) is 4.42 Å². The van der Waals surface area contributed by atoms with E-state index in [-0.39, 0.29) is 22.4 Å². The molecule has 0 spiro atoms. The zero-order chi connectivity index (χ0) is 25.6.